The Morgan fingerprint density at radius 2 is 2.17 bits per heavy atom. The molecule has 0 saturated carbocycles. The van der Waals surface area contributed by atoms with Crippen molar-refractivity contribution in [1.29, 1.82) is 0 Å². The zero-order valence-electron chi connectivity index (χ0n) is 10.1. The molecule has 2 aromatic rings. The first-order chi connectivity index (χ1) is 8.68. The Kier molecular flexibility index (Phi) is 4.07. The molecule has 0 fully saturated rings. The number of rotatable bonds is 4. The molecule has 1 aromatic heterocycles. The van der Waals surface area contributed by atoms with E-state index in [-0.39, 0.29) is 11.9 Å². The highest BCUT2D eigenvalue weighted by Crippen LogP contribution is 2.12. The monoisotopic (exact) mass is 261 g/mol. The Bertz CT molecular complexity index is 524. The quantitative estimate of drug-likeness (QED) is 0.883. The molecule has 0 aliphatic rings. The third kappa shape index (κ3) is 2.94. The van der Waals surface area contributed by atoms with E-state index in [4.69, 9.17) is 5.73 Å². The van der Waals surface area contributed by atoms with Crippen molar-refractivity contribution in [3.8, 4) is 0 Å². The lowest BCUT2D eigenvalue weighted by molar-refractivity contribution is 0.0954. The predicted octanol–water partition coefficient (Wildman–Crippen LogP) is 1.88. The lowest BCUT2D eigenvalue weighted by Crippen LogP contribution is -2.31. The smallest absolute Gasteiger partial charge is 0.263 e. The minimum atomic E-state index is -0.191. The molecule has 18 heavy (non-hydrogen) atoms. The van der Waals surface area contributed by atoms with Crippen molar-refractivity contribution in [1.82, 2.24) is 10.3 Å². The Balaban J connectivity index is 1.93. The van der Waals surface area contributed by atoms with Crippen LogP contribution in [0.15, 0.2) is 35.8 Å². The van der Waals surface area contributed by atoms with E-state index in [2.05, 4.69) is 10.3 Å². The molecule has 0 radical (unpaired) electrons. The van der Waals surface area contributed by atoms with Crippen LogP contribution in [0, 0.1) is 6.92 Å². The molecule has 1 amide bonds. The Morgan fingerprint density at radius 1 is 1.44 bits per heavy atom. The second-order valence-electron chi connectivity index (χ2n) is 3.99. The summed E-state index contributed by atoms with van der Waals surface area (Å²) in [5.74, 6) is -0.110. The summed E-state index contributed by atoms with van der Waals surface area (Å²) in [6, 6.07) is 9.52. The number of nitrogens with one attached hydrogen (secondary N) is 1. The van der Waals surface area contributed by atoms with Gasteiger partial charge in [-0.1, -0.05) is 30.3 Å². The zero-order chi connectivity index (χ0) is 13.0. The second-order valence-corrected chi connectivity index (χ2v) is 4.85. The van der Waals surface area contributed by atoms with Crippen LogP contribution in [-0.4, -0.2) is 17.4 Å². The van der Waals surface area contributed by atoms with E-state index >= 15 is 0 Å². The summed E-state index contributed by atoms with van der Waals surface area (Å²) in [6.07, 6.45) is 0. The van der Waals surface area contributed by atoms with Crippen molar-refractivity contribution in [2.75, 3.05) is 6.54 Å². The average molecular weight is 261 g/mol. The fraction of sp³-hybridized carbons (Fsp3) is 0.231. The van der Waals surface area contributed by atoms with Crippen LogP contribution < -0.4 is 11.1 Å². The molecule has 3 N–H and O–H groups in total. The van der Waals surface area contributed by atoms with Gasteiger partial charge in [0.2, 0.25) is 0 Å². The first kappa shape index (κ1) is 12.7. The van der Waals surface area contributed by atoms with Gasteiger partial charge >= 0.3 is 0 Å². The molecule has 1 heterocycles. The van der Waals surface area contributed by atoms with Crippen LogP contribution in [0.3, 0.4) is 0 Å². The zero-order valence-corrected chi connectivity index (χ0v) is 10.9. The van der Waals surface area contributed by atoms with Gasteiger partial charge in [0.15, 0.2) is 0 Å². The van der Waals surface area contributed by atoms with E-state index in [1.165, 1.54) is 11.3 Å². The van der Waals surface area contributed by atoms with Crippen LogP contribution in [-0.2, 0) is 0 Å². The van der Waals surface area contributed by atoms with Gasteiger partial charge in [-0.05, 0) is 12.5 Å². The van der Waals surface area contributed by atoms with Crippen molar-refractivity contribution in [3.63, 3.8) is 0 Å². The molecule has 0 spiro atoms. The van der Waals surface area contributed by atoms with Gasteiger partial charge in [0.05, 0.1) is 11.2 Å². The maximum absolute atomic E-state index is 11.9. The third-order valence-corrected chi connectivity index (χ3v) is 3.59. The van der Waals surface area contributed by atoms with Crippen LogP contribution >= 0.6 is 11.3 Å². The average Bonchev–Trinajstić information content (AvgIpc) is 2.83. The first-order valence-electron chi connectivity index (χ1n) is 5.67. The van der Waals surface area contributed by atoms with Crippen LogP contribution in [0.1, 0.15) is 27.0 Å². The van der Waals surface area contributed by atoms with Gasteiger partial charge in [-0.2, -0.15) is 0 Å². The summed E-state index contributed by atoms with van der Waals surface area (Å²) < 4.78 is 0. The summed E-state index contributed by atoms with van der Waals surface area (Å²) in [7, 11) is 0. The molecule has 0 aliphatic heterocycles. The van der Waals surface area contributed by atoms with E-state index in [0.717, 1.165) is 11.3 Å². The number of carbonyl (C=O) groups excluding carboxylic acids is 1. The largest absolute Gasteiger partial charge is 0.349 e. The fourth-order valence-corrected chi connectivity index (χ4v) is 2.34. The lowest BCUT2D eigenvalue weighted by Gasteiger charge is -2.12. The number of thiazole rings is 1. The molecular formula is C13H15N3OS. The van der Waals surface area contributed by atoms with Gasteiger partial charge < -0.3 is 11.1 Å². The second kappa shape index (κ2) is 5.75. The van der Waals surface area contributed by atoms with Gasteiger partial charge in [-0.25, -0.2) is 4.98 Å². The first-order valence-corrected chi connectivity index (χ1v) is 6.55. The fourth-order valence-electron chi connectivity index (χ4n) is 1.62. The molecule has 2 rings (SSSR count). The van der Waals surface area contributed by atoms with Crippen molar-refractivity contribution in [3.05, 3.63) is 52.0 Å². The number of aryl methyl sites for hydroxylation is 1. The molecule has 0 aliphatic carbocycles. The lowest BCUT2D eigenvalue weighted by atomic mass is 10.1. The number of aromatic nitrogens is 1. The molecule has 5 heteroatoms. The van der Waals surface area contributed by atoms with E-state index in [9.17, 15) is 4.79 Å². The van der Waals surface area contributed by atoms with E-state index in [1.54, 1.807) is 5.51 Å². The third-order valence-electron chi connectivity index (χ3n) is 2.66. The summed E-state index contributed by atoms with van der Waals surface area (Å²) in [4.78, 5) is 16.6. The molecular weight excluding hydrogens is 246 g/mol. The highest BCUT2D eigenvalue weighted by atomic mass is 32.1. The van der Waals surface area contributed by atoms with Gasteiger partial charge in [-0.15, -0.1) is 11.3 Å². The standard InChI is InChI=1S/C13H15N3OS/c1-9-12(18-8-16-9)13(17)15-7-11(14)10-5-3-2-4-6-10/h2-6,8,11H,7,14H2,1H3,(H,15,17). The number of benzene rings is 1. The van der Waals surface area contributed by atoms with E-state index < -0.39 is 0 Å². The summed E-state index contributed by atoms with van der Waals surface area (Å²) in [6.45, 7) is 2.24. The van der Waals surface area contributed by atoms with Crippen molar-refractivity contribution < 1.29 is 4.79 Å². The number of nitrogens with zero attached hydrogens (tertiary/aromatic N) is 1. The Labute approximate surface area is 110 Å². The SMILES string of the molecule is Cc1ncsc1C(=O)NCC(N)c1ccccc1. The van der Waals surface area contributed by atoms with Gasteiger partial charge in [-0.3, -0.25) is 4.79 Å². The topological polar surface area (TPSA) is 68.0 Å². The van der Waals surface area contributed by atoms with Crippen molar-refractivity contribution >= 4 is 17.2 Å². The Hall–Kier alpha value is -1.72. The molecule has 1 aromatic carbocycles. The molecule has 1 unspecified atom stereocenters. The summed E-state index contributed by atoms with van der Waals surface area (Å²) >= 11 is 1.34. The normalized spacial score (nSPS) is 12.1. The number of hydrogen-bond acceptors (Lipinski definition) is 4. The van der Waals surface area contributed by atoms with E-state index in [0.29, 0.717) is 11.4 Å². The Morgan fingerprint density at radius 3 is 2.78 bits per heavy atom. The summed E-state index contributed by atoms with van der Waals surface area (Å²) in [5.41, 5.74) is 9.44. The van der Waals surface area contributed by atoms with Crippen LogP contribution in [0.5, 0.6) is 0 Å². The van der Waals surface area contributed by atoms with Gasteiger partial charge in [0.1, 0.15) is 4.88 Å². The molecule has 94 valence electrons. The highest BCUT2D eigenvalue weighted by Gasteiger charge is 2.13. The van der Waals surface area contributed by atoms with Crippen LogP contribution in [0.2, 0.25) is 0 Å². The maximum Gasteiger partial charge on any atom is 0.263 e. The molecule has 0 bridgehead atoms. The van der Waals surface area contributed by atoms with Crippen molar-refractivity contribution in [2.24, 2.45) is 5.73 Å². The predicted molar refractivity (Wildman–Crippen MR) is 72.6 cm³/mol. The minimum absolute atomic E-state index is 0.110. The molecule has 1 atom stereocenters. The number of amides is 1. The molecule has 0 saturated heterocycles. The van der Waals surface area contributed by atoms with Gasteiger partial charge in [0.25, 0.3) is 5.91 Å². The number of carbonyl (C=O) groups is 1. The maximum atomic E-state index is 11.9. The van der Waals surface area contributed by atoms with Gasteiger partial charge in [0, 0.05) is 12.6 Å². The van der Waals surface area contributed by atoms with Crippen LogP contribution in [0.25, 0.3) is 0 Å². The highest BCUT2D eigenvalue weighted by molar-refractivity contribution is 7.11. The van der Waals surface area contributed by atoms with Crippen molar-refractivity contribution in [2.45, 2.75) is 13.0 Å². The van der Waals surface area contributed by atoms with Crippen LogP contribution in [0.4, 0.5) is 0 Å². The number of nitrogens with two attached hydrogens (primary N) is 1. The number of hydrogen-bond donors (Lipinski definition) is 2. The van der Waals surface area contributed by atoms with E-state index in [1.807, 2.05) is 37.3 Å². The minimum Gasteiger partial charge on any atom is -0.349 e. The molecule has 4 nitrogen and oxygen atoms in total. The summed E-state index contributed by atoms with van der Waals surface area (Å²) in [5, 5.41) is 2.83.